The molecule has 0 saturated carbocycles. The third-order valence-corrected chi connectivity index (χ3v) is 10.0. The summed E-state index contributed by atoms with van der Waals surface area (Å²) in [5.74, 6) is 0.299. The predicted octanol–water partition coefficient (Wildman–Crippen LogP) is 4.09. The maximum Gasteiger partial charge on any atom is 0.409 e. The standard InChI is InChI=1S/C25H34ClN5O5S/c26-19-7-9-22(10-8-19)37(33,34)31-21(5-4-6-23(31)24-27-18-36-28-24)17-35-25(32)30-15-11-20(12-16-30)29-13-2-1-3-14-29/h7-10,18,20-21,23H,1-6,11-17H2/t21-,23+/m1/s1. The van der Waals surface area contributed by atoms with Crippen LogP contribution in [0.25, 0.3) is 0 Å². The summed E-state index contributed by atoms with van der Waals surface area (Å²) in [6.07, 6.45) is 8.35. The lowest BCUT2D eigenvalue weighted by Crippen LogP contribution is -2.50. The van der Waals surface area contributed by atoms with Gasteiger partial charge in [-0.3, -0.25) is 0 Å². The number of rotatable bonds is 6. The Hall–Kier alpha value is -2.21. The van der Waals surface area contributed by atoms with Crippen LogP contribution in [0.2, 0.25) is 5.02 Å². The summed E-state index contributed by atoms with van der Waals surface area (Å²) in [7, 11) is -3.95. The SMILES string of the molecule is O=C(OC[C@H]1CCC[C@@H](c2ncon2)N1S(=O)(=O)c1ccc(Cl)cc1)N1CCC(N2CCCCC2)CC1. The van der Waals surface area contributed by atoms with E-state index in [2.05, 4.69) is 15.0 Å². The van der Waals surface area contributed by atoms with Gasteiger partial charge in [0.15, 0.2) is 5.82 Å². The quantitative estimate of drug-likeness (QED) is 0.528. The molecule has 1 aromatic carbocycles. The number of piperidine rings is 3. The van der Waals surface area contributed by atoms with Crippen molar-refractivity contribution in [2.24, 2.45) is 0 Å². The average Bonchev–Trinajstić information content (AvgIpc) is 3.47. The van der Waals surface area contributed by atoms with Gasteiger partial charge in [0, 0.05) is 24.2 Å². The molecule has 0 spiro atoms. The summed E-state index contributed by atoms with van der Waals surface area (Å²) in [5.41, 5.74) is 0. The number of ether oxygens (including phenoxy) is 1. The molecule has 3 aliphatic rings. The van der Waals surface area contributed by atoms with Gasteiger partial charge in [-0.05, 0) is 82.3 Å². The highest BCUT2D eigenvalue weighted by Gasteiger charge is 2.43. The molecule has 0 radical (unpaired) electrons. The van der Waals surface area contributed by atoms with Gasteiger partial charge in [-0.15, -0.1) is 0 Å². The van der Waals surface area contributed by atoms with E-state index in [9.17, 15) is 13.2 Å². The van der Waals surface area contributed by atoms with E-state index < -0.39 is 22.1 Å². The summed E-state index contributed by atoms with van der Waals surface area (Å²) in [6, 6.07) is 5.42. The molecule has 2 aromatic rings. The van der Waals surface area contributed by atoms with Crippen molar-refractivity contribution >= 4 is 27.7 Å². The number of sulfonamides is 1. The zero-order valence-corrected chi connectivity index (χ0v) is 22.4. The van der Waals surface area contributed by atoms with E-state index in [1.165, 1.54) is 42.1 Å². The Labute approximate surface area is 222 Å². The predicted molar refractivity (Wildman–Crippen MR) is 137 cm³/mol. The van der Waals surface area contributed by atoms with Crippen molar-refractivity contribution < 1.29 is 22.5 Å². The van der Waals surface area contributed by atoms with E-state index >= 15 is 0 Å². The first kappa shape index (κ1) is 26.4. The second kappa shape index (κ2) is 11.7. The van der Waals surface area contributed by atoms with E-state index in [0.717, 1.165) is 32.4 Å². The topological polar surface area (TPSA) is 109 Å². The van der Waals surface area contributed by atoms with Crippen molar-refractivity contribution in [3.8, 4) is 0 Å². The molecule has 3 saturated heterocycles. The number of hydrogen-bond donors (Lipinski definition) is 0. The molecule has 3 aliphatic heterocycles. The van der Waals surface area contributed by atoms with Crippen molar-refractivity contribution in [3.05, 3.63) is 41.5 Å². The fraction of sp³-hybridized carbons (Fsp3) is 0.640. The van der Waals surface area contributed by atoms with Crippen LogP contribution in [0, 0.1) is 0 Å². The van der Waals surface area contributed by atoms with E-state index in [0.29, 0.717) is 42.8 Å². The maximum absolute atomic E-state index is 13.8. The second-order valence-electron chi connectivity index (χ2n) is 10.1. The van der Waals surface area contributed by atoms with Crippen LogP contribution in [0.5, 0.6) is 0 Å². The van der Waals surface area contributed by atoms with E-state index in [1.54, 1.807) is 17.0 Å². The summed E-state index contributed by atoms with van der Waals surface area (Å²) < 4.78 is 39.6. The molecule has 202 valence electrons. The molecule has 1 amide bonds. The van der Waals surface area contributed by atoms with E-state index in [1.807, 2.05) is 0 Å². The number of likely N-dealkylation sites (tertiary alicyclic amines) is 2. The van der Waals surface area contributed by atoms with Crippen molar-refractivity contribution in [2.75, 3.05) is 32.8 Å². The van der Waals surface area contributed by atoms with Gasteiger partial charge in [0.05, 0.1) is 17.0 Å². The second-order valence-corrected chi connectivity index (χ2v) is 12.4. The number of nitrogens with zero attached hydrogens (tertiary/aromatic N) is 5. The number of benzene rings is 1. The molecule has 37 heavy (non-hydrogen) atoms. The first-order chi connectivity index (χ1) is 17.9. The Kier molecular flexibility index (Phi) is 8.33. The minimum Gasteiger partial charge on any atom is -0.448 e. The van der Waals surface area contributed by atoms with Crippen LogP contribution in [-0.4, -0.2) is 83.6 Å². The normalized spacial score (nSPS) is 24.7. The van der Waals surface area contributed by atoms with Gasteiger partial charge in [-0.2, -0.15) is 9.29 Å². The number of carbonyl (C=O) groups is 1. The summed E-state index contributed by atoms with van der Waals surface area (Å²) >= 11 is 5.99. The number of hydrogen-bond acceptors (Lipinski definition) is 8. The Bertz CT molecular complexity index is 1130. The number of aromatic nitrogens is 2. The third-order valence-electron chi connectivity index (χ3n) is 7.78. The van der Waals surface area contributed by atoms with Gasteiger partial charge in [0.2, 0.25) is 16.4 Å². The zero-order valence-electron chi connectivity index (χ0n) is 20.9. The first-order valence-corrected chi connectivity index (χ1v) is 15.0. The molecular weight excluding hydrogens is 518 g/mol. The smallest absolute Gasteiger partial charge is 0.409 e. The highest BCUT2D eigenvalue weighted by Crippen LogP contribution is 2.38. The number of halogens is 1. The van der Waals surface area contributed by atoms with Crippen LogP contribution < -0.4 is 0 Å². The average molecular weight is 552 g/mol. The molecule has 10 nitrogen and oxygen atoms in total. The lowest BCUT2D eigenvalue weighted by Gasteiger charge is -2.41. The minimum absolute atomic E-state index is 0.0357. The maximum atomic E-state index is 13.8. The van der Waals surface area contributed by atoms with Crippen LogP contribution in [0.1, 0.15) is 63.2 Å². The molecule has 0 unspecified atom stereocenters. The molecule has 5 rings (SSSR count). The molecule has 0 N–H and O–H groups in total. The van der Waals surface area contributed by atoms with Crippen molar-refractivity contribution in [2.45, 2.75) is 74.4 Å². The molecular formula is C25H34ClN5O5S. The van der Waals surface area contributed by atoms with Gasteiger partial charge in [-0.1, -0.05) is 23.2 Å². The summed E-state index contributed by atoms with van der Waals surface area (Å²) in [5, 5.41) is 4.37. The van der Waals surface area contributed by atoms with Crippen LogP contribution in [0.15, 0.2) is 40.1 Å². The molecule has 1 aromatic heterocycles. The Morgan fingerprint density at radius 2 is 1.73 bits per heavy atom. The Morgan fingerprint density at radius 3 is 2.41 bits per heavy atom. The molecule has 2 atom stereocenters. The van der Waals surface area contributed by atoms with Gasteiger partial charge >= 0.3 is 6.09 Å². The first-order valence-electron chi connectivity index (χ1n) is 13.1. The van der Waals surface area contributed by atoms with Crippen LogP contribution in [0.4, 0.5) is 4.79 Å². The molecule has 0 bridgehead atoms. The Balaban J connectivity index is 1.26. The lowest BCUT2D eigenvalue weighted by molar-refractivity contribution is 0.0440. The Morgan fingerprint density at radius 1 is 1.00 bits per heavy atom. The van der Waals surface area contributed by atoms with Crippen LogP contribution in [0.3, 0.4) is 0 Å². The third kappa shape index (κ3) is 5.94. The van der Waals surface area contributed by atoms with E-state index in [-0.39, 0.29) is 17.6 Å². The molecule has 12 heteroatoms. The highest BCUT2D eigenvalue weighted by molar-refractivity contribution is 7.89. The fourth-order valence-corrected chi connectivity index (χ4v) is 7.77. The number of carbonyl (C=O) groups excluding carboxylic acids is 1. The number of amides is 1. The van der Waals surface area contributed by atoms with Crippen molar-refractivity contribution in [3.63, 3.8) is 0 Å². The van der Waals surface area contributed by atoms with Crippen LogP contribution in [-0.2, 0) is 14.8 Å². The van der Waals surface area contributed by atoms with Crippen molar-refractivity contribution in [1.82, 2.24) is 24.2 Å². The fourth-order valence-electron chi connectivity index (χ4n) is 5.83. The monoisotopic (exact) mass is 551 g/mol. The van der Waals surface area contributed by atoms with Gasteiger partial charge < -0.3 is 19.1 Å². The molecule has 3 fully saturated rings. The largest absolute Gasteiger partial charge is 0.448 e. The lowest BCUT2D eigenvalue weighted by atomic mass is 9.98. The van der Waals surface area contributed by atoms with Gasteiger partial charge in [0.1, 0.15) is 6.61 Å². The molecule has 0 aliphatic carbocycles. The summed E-state index contributed by atoms with van der Waals surface area (Å²) in [4.78, 5) is 21.5. The van der Waals surface area contributed by atoms with Gasteiger partial charge in [0.25, 0.3) is 0 Å². The van der Waals surface area contributed by atoms with Crippen LogP contribution >= 0.6 is 11.6 Å². The van der Waals surface area contributed by atoms with Crippen molar-refractivity contribution in [1.29, 1.82) is 0 Å². The van der Waals surface area contributed by atoms with Gasteiger partial charge in [-0.25, -0.2) is 13.2 Å². The summed E-state index contributed by atoms with van der Waals surface area (Å²) in [6.45, 7) is 3.57. The van der Waals surface area contributed by atoms with E-state index in [4.69, 9.17) is 20.9 Å². The zero-order chi connectivity index (χ0) is 25.8. The minimum atomic E-state index is -3.95. The highest BCUT2D eigenvalue weighted by atomic mass is 35.5. The molecule has 4 heterocycles.